The Bertz CT molecular complexity index is 638. The van der Waals surface area contributed by atoms with Gasteiger partial charge in [-0.3, -0.25) is 4.79 Å². The van der Waals surface area contributed by atoms with E-state index in [1.54, 1.807) is 4.90 Å². The number of carbonyl (C=O) groups is 1. The van der Waals surface area contributed by atoms with E-state index in [4.69, 9.17) is 0 Å². The van der Waals surface area contributed by atoms with Crippen LogP contribution < -0.4 is 4.90 Å². The molecule has 0 saturated carbocycles. The van der Waals surface area contributed by atoms with Crippen LogP contribution in [0.4, 0.5) is 5.69 Å². The average molecular weight is 316 g/mol. The topological polar surface area (TPSA) is 20.3 Å². The molecule has 1 aliphatic heterocycles. The molecule has 2 aromatic carbocycles. The zero-order valence-corrected chi connectivity index (χ0v) is 12.2. The van der Waals surface area contributed by atoms with E-state index in [1.165, 1.54) is 5.56 Å². The number of para-hydroxylation sites is 1. The predicted molar refractivity (Wildman–Crippen MR) is 80.4 cm³/mol. The maximum absolute atomic E-state index is 12.4. The Hall–Kier alpha value is -1.61. The van der Waals surface area contributed by atoms with Crippen LogP contribution in [0.2, 0.25) is 0 Å². The van der Waals surface area contributed by atoms with Crippen molar-refractivity contribution in [1.82, 2.24) is 0 Å². The molecule has 2 nitrogen and oxygen atoms in total. The van der Waals surface area contributed by atoms with Gasteiger partial charge in [-0.1, -0.05) is 52.3 Å². The normalized spacial score (nSPS) is 17.7. The smallest absolute Gasteiger partial charge is 0.234 e. The minimum Gasteiger partial charge on any atom is -0.315 e. The molecular formula is C16H14BrNO. The Kier molecular flexibility index (Phi) is 3.15. The number of carbonyl (C=O) groups excluding carboxylic acids is 1. The first kappa shape index (κ1) is 12.4. The largest absolute Gasteiger partial charge is 0.315 e. The Balaban J connectivity index is 1.98. The molecule has 0 radical (unpaired) electrons. The predicted octanol–water partition coefficient (Wildman–Crippen LogP) is 3.75. The number of rotatable bonds is 2. The third kappa shape index (κ3) is 2.08. The first-order valence-corrected chi connectivity index (χ1v) is 7.07. The van der Waals surface area contributed by atoms with Gasteiger partial charge in [0.1, 0.15) is 0 Å². The number of likely N-dealkylation sites (N-methyl/N-ethyl adjacent to an activating group) is 1. The van der Waals surface area contributed by atoms with E-state index in [0.29, 0.717) is 0 Å². The molecule has 0 N–H and O–H groups in total. The van der Waals surface area contributed by atoms with Gasteiger partial charge < -0.3 is 4.90 Å². The second-order valence-electron chi connectivity index (χ2n) is 4.80. The molecule has 19 heavy (non-hydrogen) atoms. The van der Waals surface area contributed by atoms with E-state index < -0.39 is 0 Å². The summed E-state index contributed by atoms with van der Waals surface area (Å²) in [7, 11) is 1.85. The summed E-state index contributed by atoms with van der Waals surface area (Å²) < 4.78 is 1.06. The number of nitrogens with zero attached hydrogens (tertiary/aromatic N) is 1. The number of amides is 1. The van der Waals surface area contributed by atoms with Gasteiger partial charge in [-0.05, 0) is 29.7 Å². The summed E-state index contributed by atoms with van der Waals surface area (Å²) in [6.45, 7) is 0. The van der Waals surface area contributed by atoms with Crippen molar-refractivity contribution in [2.75, 3.05) is 11.9 Å². The zero-order valence-electron chi connectivity index (χ0n) is 10.6. The summed E-state index contributed by atoms with van der Waals surface area (Å²) >= 11 is 3.55. The van der Waals surface area contributed by atoms with Crippen LogP contribution in [0.15, 0.2) is 53.0 Å². The van der Waals surface area contributed by atoms with Crippen molar-refractivity contribution in [2.45, 2.75) is 12.3 Å². The highest BCUT2D eigenvalue weighted by Crippen LogP contribution is 2.38. The lowest BCUT2D eigenvalue weighted by Gasteiger charge is -2.12. The Labute approximate surface area is 121 Å². The number of hydrogen-bond acceptors (Lipinski definition) is 1. The van der Waals surface area contributed by atoms with Crippen LogP contribution >= 0.6 is 15.9 Å². The van der Waals surface area contributed by atoms with Gasteiger partial charge in [0.05, 0.1) is 5.92 Å². The lowest BCUT2D eigenvalue weighted by Crippen LogP contribution is -2.24. The number of benzene rings is 2. The summed E-state index contributed by atoms with van der Waals surface area (Å²) in [4.78, 5) is 14.1. The van der Waals surface area contributed by atoms with Crippen molar-refractivity contribution in [2.24, 2.45) is 0 Å². The third-order valence-corrected chi connectivity index (χ3v) is 4.46. The van der Waals surface area contributed by atoms with Gasteiger partial charge in [-0.15, -0.1) is 0 Å². The van der Waals surface area contributed by atoms with Gasteiger partial charge in [0.15, 0.2) is 0 Å². The Morgan fingerprint density at radius 2 is 1.79 bits per heavy atom. The molecule has 2 aromatic rings. The molecular weight excluding hydrogens is 302 g/mol. The van der Waals surface area contributed by atoms with Gasteiger partial charge in [0.2, 0.25) is 5.91 Å². The summed E-state index contributed by atoms with van der Waals surface area (Å²) in [5.74, 6) is 0.108. The number of anilines is 1. The van der Waals surface area contributed by atoms with E-state index >= 15 is 0 Å². The van der Waals surface area contributed by atoms with Crippen LogP contribution in [0.3, 0.4) is 0 Å². The maximum atomic E-state index is 12.4. The van der Waals surface area contributed by atoms with Crippen LogP contribution in [0, 0.1) is 0 Å². The molecule has 3 rings (SSSR count). The van der Waals surface area contributed by atoms with E-state index in [0.717, 1.165) is 22.1 Å². The lowest BCUT2D eigenvalue weighted by molar-refractivity contribution is -0.119. The molecule has 0 saturated heterocycles. The fourth-order valence-corrected chi connectivity index (χ4v) is 3.10. The number of fused-ring (bicyclic) bond motifs is 1. The van der Waals surface area contributed by atoms with Crippen LogP contribution in [0.25, 0.3) is 0 Å². The number of halogens is 1. The minimum atomic E-state index is -0.0695. The van der Waals surface area contributed by atoms with E-state index in [-0.39, 0.29) is 11.8 Å². The minimum absolute atomic E-state index is 0.0695. The van der Waals surface area contributed by atoms with Gasteiger partial charge in [0, 0.05) is 17.2 Å². The molecule has 1 aliphatic rings. The molecule has 1 heterocycles. The van der Waals surface area contributed by atoms with Crippen molar-refractivity contribution in [3.8, 4) is 0 Å². The number of hydrogen-bond donors (Lipinski definition) is 0. The molecule has 0 aliphatic carbocycles. The van der Waals surface area contributed by atoms with Crippen molar-refractivity contribution >= 4 is 27.5 Å². The SMILES string of the molecule is CN1C(=O)[C@H](Cc2ccccc2Br)c2ccccc21. The Morgan fingerprint density at radius 1 is 1.11 bits per heavy atom. The summed E-state index contributed by atoms with van der Waals surface area (Å²) in [5.41, 5.74) is 3.33. The molecule has 1 amide bonds. The highest BCUT2D eigenvalue weighted by molar-refractivity contribution is 9.10. The van der Waals surface area contributed by atoms with Crippen LogP contribution in [0.5, 0.6) is 0 Å². The molecule has 0 bridgehead atoms. The standard InChI is InChI=1S/C16H14BrNO/c1-18-15-9-5-3-7-12(15)13(16(18)19)10-11-6-2-4-8-14(11)17/h2-9,13H,10H2,1H3/t13-/m1/s1. The quantitative estimate of drug-likeness (QED) is 0.826. The first-order chi connectivity index (χ1) is 9.18. The summed E-state index contributed by atoms with van der Waals surface area (Å²) in [5, 5.41) is 0. The molecule has 0 unspecified atom stereocenters. The highest BCUT2D eigenvalue weighted by atomic mass is 79.9. The third-order valence-electron chi connectivity index (χ3n) is 3.68. The van der Waals surface area contributed by atoms with Crippen LogP contribution in [0.1, 0.15) is 17.0 Å². The molecule has 0 spiro atoms. The fraction of sp³-hybridized carbons (Fsp3) is 0.188. The second-order valence-corrected chi connectivity index (χ2v) is 5.66. The van der Waals surface area contributed by atoms with Gasteiger partial charge >= 0.3 is 0 Å². The first-order valence-electron chi connectivity index (χ1n) is 6.28. The zero-order chi connectivity index (χ0) is 13.4. The average Bonchev–Trinajstić information content (AvgIpc) is 2.67. The molecule has 1 atom stereocenters. The van der Waals surface area contributed by atoms with Gasteiger partial charge in [-0.2, -0.15) is 0 Å². The van der Waals surface area contributed by atoms with E-state index in [1.807, 2.05) is 43.4 Å². The Morgan fingerprint density at radius 3 is 2.58 bits per heavy atom. The molecule has 0 aromatic heterocycles. The second kappa shape index (κ2) is 4.82. The van der Waals surface area contributed by atoms with Crippen molar-refractivity contribution in [3.63, 3.8) is 0 Å². The molecule has 96 valence electrons. The lowest BCUT2D eigenvalue weighted by atomic mass is 9.93. The molecule has 3 heteroatoms. The van der Waals surface area contributed by atoms with Gasteiger partial charge in [0.25, 0.3) is 0 Å². The van der Waals surface area contributed by atoms with Crippen LogP contribution in [-0.4, -0.2) is 13.0 Å². The maximum Gasteiger partial charge on any atom is 0.234 e. The molecule has 0 fully saturated rings. The van der Waals surface area contributed by atoms with Crippen molar-refractivity contribution < 1.29 is 4.79 Å². The van der Waals surface area contributed by atoms with E-state index in [2.05, 4.69) is 28.1 Å². The van der Waals surface area contributed by atoms with Crippen molar-refractivity contribution in [3.05, 3.63) is 64.1 Å². The monoisotopic (exact) mass is 315 g/mol. The fourth-order valence-electron chi connectivity index (χ4n) is 2.65. The van der Waals surface area contributed by atoms with Crippen LogP contribution in [-0.2, 0) is 11.2 Å². The summed E-state index contributed by atoms with van der Waals surface area (Å²) in [6, 6.07) is 16.1. The van der Waals surface area contributed by atoms with Gasteiger partial charge in [-0.25, -0.2) is 0 Å². The van der Waals surface area contributed by atoms with E-state index in [9.17, 15) is 4.79 Å². The van der Waals surface area contributed by atoms with Crippen molar-refractivity contribution in [1.29, 1.82) is 0 Å². The summed E-state index contributed by atoms with van der Waals surface area (Å²) in [6.07, 6.45) is 0.738. The highest BCUT2D eigenvalue weighted by Gasteiger charge is 2.34.